The predicted molar refractivity (Wildman–Crippen MR) is 68.5 cm³/mol. The Morgan fingerprint density at radius 3 is 2.67 bits per heavy atom. The Labute approximate surface area is 111 Å². The topological polar surface area (TPSA) is 95.5 Å². The van der Waals surface area contributed by atoms with Crippen LogP contribution in [0.15, 0.2) is 24.3 Å². The predicted octanol–water partition coefficient (Wildman–Crippen LogP) is 1.97. The monoisotopic (exact) mass is 274 g/mol. The molecular weight excluding hydrogens is 260 g/mol. The number of benzene rings is 1. The van der Waals surface area contributed by atoms with Crippen LogP contribution < -0.4 is 5.73 Å². The summed E-state index contributed by atoms with van der Waals surface area (Å²) in [4.78, 5) is 21.5. The highest BCUT2D eigenvalue weighted by molar-refractivity contribution is 5.85. The largest absolute Gasteiger partial charge is 0.466 e. The molecule has 7 heteroatoms. The van der Waals surface area contributed by atoms with Crippen LogP contribution in [0.4, 0.5) is 5.69 Å². The lowest BCUT2D eigenvalue weighted by molar-refractivity contribution is -0.385. The first kappa shape index (κ1) is 16.3. The minimum atomic E-state index is -0.726. The van der Waals surface area contributed by atoms with Crippen LogP contribution in [0.1, 0.15) is 24.9 Å². The minimum absolute atomic E-state index is 0. The summed E-state index contributed by atoms with van der Waals surface area (Å²) in [7, 11) is 0. The Hall–Kier alpha value is -1.66. The number of nitro groups is 1. The maximum atomic E-state index is 11.2. The van der Waals surface area contributed by atoms with Gasteiger partial charge in [-0.15, -0.1) is 12.4 Å². The number of hydrogen-bond acceptors (Lipinski definition) is 5. The van der Waals surface area contributed by atoms with Gasteiger partial charge in [-0.05, 0) is 6.92 Å². The zero-order valence-electron chi connectivity index (χ0n) is 9.87. The second kappa shape index (κ2) is 7.62. The highest BCUT2D eigenvalue weighted by Gasteiger charge is 2.21. The van der Waals surface area contributed by atoms with Crippen molar-refractivity contribution in [1.29, 1.82) is 0 Å². The van der Waals surface area contributed by atoms with Gasteiger partial charge in [0.05, 0.1) is 18.0 Å². The van der Waals surface area contributed by atoms with E-state index in [4.69, 9.17) is 10.5 Å². The Balaban J connectivity index is 0.00000289. The number of ether oxygens (including phenoxy) is 1. The van der Waals surface area contributed by atoms with E-state index in [0.29, 0.717) is 5.56 Å². The van der Waals surface area contributed by atoms with Gasteiger partial charge in [0, 0.05) is 17.7 Å². The van der Waals surface area contributed by atoms with Gasteiger partial charge in [-0.1, -0.05) is 18.2 Å². The lowest BCUT2D eigenvalue weighted by Crippen LogP contribution is -2.18. The molecule has 0 aliphatic heterocycles. The smallest absolute Gasteiger partial charge is 0.307 e. The molecule has 1 atom stereocenters. The average molecular weight is 275 g/mol. The third kappa shape index (κ3) is 4.31. The fourth-order valence-corrected chi connectivity index (χ4v) is 1.48. The number of nitro benzene ring substituents is 1. The van der Waals surface area contributed by atoms with Gasteiger partial charge in [0.2, 0.25) is 0 Å². The van der Waals surface area contributed by atoms with Crippen LogP contribution in [0.5, 0.6) is 0 Å². The number of carbonyl (C=O) groups excluding carboxylic acids is 1. The van der Waals surface area contributed by atoms with Crippen LogP contribution >= 0.6 is 12.4 Å². The lowest BCUT2D eigenvalue weighted by Gasteiger charge is -2.11. The van der Waals surface area contributed by atoms with Crippen molar-refractivity contribution < 1.29 is 14.5 Å². The molecule has 0 aromatic heterocycles. The summed E-state index contributed by atoms with van der Waals surface area (Å²) in [6.45, 7) is 1.96. The lowest BCUT2D eigenvalue weighted by atomic mass is 10.0. The molecule has 0 fully saturated rings. The summed E-state index contributed by atoms with van der Waals surface area (Å²) in [6.07, 6.45) is -0.0707. The summed E-state index contributed by atoms with van der Waals surface area (Å²) < 4.78 is 4.75. The van der Waals surface area contributed by atoms with Crippen molar-refractivity contribution in [3.8, 4) is 0 Å². The van der Waals surface area contributed by atoms with Gasteiger partial charge in [-0.2, -0.15) is 0 Å². The molecule has 0 spiro atoms. The molecule has 100 valence electrons. The fourth-order valence-electron chi connectivity index (χ4n) is 1.48. The highest BCUT2D eigenvalue weighted by atomic mass is 35.5. The van der Waals surface area contributed by atoms with Gasteiger partial charge in [0.15, 0.2) is 0 Å². The van der Waals surface area contributed by atoms with E-state index in [1.165, 1.54) is 6.07 Å². The van der Waals surface area contributed by atoms with E-state index < -0.39 is 16.9 Å². The molecule has 18 heavy (non-hydrogen) atoms. The van der Waals surface area contributed by atoms with Crippen molar-refractivity contribution >= 4 is 24.1 Å². The first-order chi connectivity index (χ1) is 8.06. The molecule has 6 nitrogen and oxygen atoms in total. The van der Waals surface area contributed by atoms with E-state index in [1.807, 2.05) is 0 Å². The quantitative estimate of drug-likeness (QED) is 0.503. The summed E-state index contributed by atoms with van der Waals surface area (Å²) in [6, 6.07) is 5.38. The van der Waals surface area contributed by atoms with Crippen molar-refractivity contribution in [3.63, 3.8) is 0 Å². The molecular formula is C11H15ClN2O4. The SMILES string of the molecule is CCOC(=O)C[C@@H](N)c1ccccc1[N+](=O)[O-].Cl. The highest BCUT2D eigenvalue weighted by Crippen LogP contribution is 2.25. The Kier molecular flexibility index (Phi) is 6.92. The van der Waals surface area contributed by atoms with Crippen LogP contribution in [-0.2, 0) is 9.53 Å². The van der Waals surface area contributed by atoms with Crippen LogP contribution in [0.3, 0.4) is 0 Å². The van der Waals surface area contributed by atoms with Crippen molar-refractivity contribution in [2.45, 2.75) is 19.4 Å². The molecule has 1 aromatic rings. The van der Waals surface area contributed by atoms with Crippen LogP contribution in [-0.4, -0.2) is 17.5 Å². The molecule has 0 unspecified atom stereocenters. The average Bonchev–Trinajstić information content (AvgIpc) is 2.29. The van der Waals surface area contributed by atoms with Gasteiger partial charge >= 0.3 is 5.97 Å². The maximum Gasteiger partial charge on any atom is 0.307 e. The normalized spacial score (nSPS) is 11.2. The third-order valence-electron chi connectivity index (χ3n) is 2.22. The van der Waals surface area contributed by atoms with Crippen molar-refractivity contribution in [1.82, 2.24) is 0 Å². The number of hydrogen-bond donors (Lipinski definition) is 1. The molecule has 2 N–H and O–H groups in total. The number of nitrogens with two attached hydrogens (primary N) is 1. The number of nitrogens with zero attached hydrogens (tertiary/aromatic N) is 1. The molecule has 1 rings (SSSR count). The number of para-hydroxylation sites is 1. The van der Waals surface area contributed by atoms with Gasteiger partial charge < -0.3 is 10.5 Å². The number of rotatable bonds is 5. The van der Waals surface area contributed by atoms with E-state index in [1.54, 1.807) is 25.1 Å². The van der Waals surface area contributed by atoms with Crippen LogP contribution in [0.25, 0.3) is 0 Å². The summed E-state index contributed by atoms with van der Waals surface area (Å²) >= 11 is 0. The zero-order chi connectivity index (χ0) is 12.8. The summed E-state index contributed by atoms with van der Waals surface area (Å²) in [5, 5.41) is 10.8. The van der Waals surface area contributed by atoms with Crippen molar-refractivity contribution in [2.24, 2.45) is 5.73 Å². The van der Waals surface area contributed by atoms with Crippen molar-refractivity contribution in [2.75, 3.05) is 6.61 Å². The van der Waals surface area contributed by atoms with Crippen molar-refractivity contribution in [3.05, 3.63) is 39.9 Å². The minimum Gasteiger partial charge on any atom is -0.466 e. The van der Waals surface area contributed by atoms with Gasteiger partial charge in [0.1, 0.15) is 0 Å². The van der Waals surface area contributed by atoms with E-state index >= 15 is 0 Å². The molecule has 1 aromatic carbocycles. The van der Waals surface area contributed by atoms with Gasteiger partial charge in [0.25, 0.3) is 5.69 Å². The molecule has 0 aliphatic carbocycles. The molecule has 0 saturated heterocycles. The molecule has 0 saturated carbocycles. The zero-order valence-corrected chi connectivity index (χ0v) is 10.7. The van der Waals surface area contributed by atoms with E-state index in [0.717, 1.165) is 0 Å². The third-order valence-corrected chi connectivity index (χ3v) is 2.22. The van der Waals surface area contributed by atoms with E-state index in [2.05, 4.69) is 0 Å². The molecule has 0 amide bonds. The second-order valence-electron chi connectivity index (χ2n) is 3.43. The fraction of sp³-hybridized carbons (Fsp3) is 0.364. The Bertz CT molecular complexity index is 425. The Morgan fingerprint density at radius 1 is 1.50 bits per heavy atom. The summed E-state index contributed by atoms with van der Waals surface area (Å²) in [5.74, 6) is -0.460. The molecule has 0 heterocycles. The molecule has 0 radical (unpaired) electrons. The molecule has 0 bridgehead atoms. The van der Waals surface area contributed by atoms with Crippen LogP contribution in [0.2, 0.25) is 0 Å². The van der Waals surface area contributed by atoms with Gasteiger partial charge in [-0.3, -0.25) is 14.9 Å². The second-order valence-corrected chi connectivity index (χ2v) is 3.43. The first-order valence-corrected chi connectivity index (χ1v) is 5.20. The summed E-state index contributed by atoms with van der Waals surface area (Å²) in [5.41, 5.74) is 6.02. The van der Waals surface area contributed by atoms with Crippen LogP contribution in [0, 0.1) is 10.1 Å². The number of carbonyl (C=O) groups is 1. The standard InChI is InChI=1S/C11H14N2O4.ClH/c1-2-17-11(14)7-9(12)8-5-3-4-6-10(8)13(15)16;/h3-6,9H,2,7,12H2,1H3;1H/t9-;/m1./s1. The Morgan fingerprint density at radius 2 is 2.11 bits per heavy atom. The van der Waals surface area contributed by atoms with E-state index in [9.17, 15) is 14.9 Å². The number of esters is 1. The number of halogens is 1. The maximum absolute atomic E-state index is 11.2. The first-order valence-electron chi connectivity index (χ1n) is 5.20. The van der Waals surface area contributed by atoms with Gasteiger partial charge in [-0.25, -0.2) is 0 Å². The molecule has 0 aliphatic rings. The van der Waals surface area contributed by atoms with E-state index in [-0.39, 0.29) is 31.1 Å².